The second kappa shape index (κ2) is 14.9. The third-order valence-electron chi connectivity index (χ3n) is 6.44. The van der Waals surface area contributed by atoms with Gasteiger partial charge in [-0.25, -0.2) is 4.39 Å². The Morgan fingerprint density at radius 2 is 2.05 bits per heavy atom. The monoisotopic (exact) mass is 666 g/mol. The van der Waals surface area contributed by atoms with E-state index in [-0.39, 0.29) is 61.1 Å². The minimum atomic E-state index is -1.32. The molecule has 2 aromatic carbocycles. The summed E-state index contributed by atoms with van der Waals surface area (Å²) in [7, 11) is 1.41. The number of rotatable bonds is 13. The van der Waals surface area contributed by atoms with Crippen LogP contribution in [0.4, 0.5) is 4.39 Å². The lowest BCUT2D eigenvalue weighted by Crippen LogP contribution is -2.54. The fourth-order valence-electron chi connectivity index (χ4n) is 4.41. The molecule has 0 fully saturated rings. The molecule has 0 saturated carbocycles. The Bertz CT molecular complexity index is 1270. The number of aliphatic hydroxyl groups excluding tert-OH is 2. The lowest BCUT2D eigenvalue weighted by Gasteiger charge is -2.40. The maximum Gasteiger partial charge on any atom is 0.247 e. The molecule has 0 spiro atoms. The van der Waals surface area contributed by atoms with Crippen LogP contribution in [0.5, 0.6) is 11.5 Å². The van der Waals surface area contributed by atoms with E-state index < -0.39 is 30.0 Å². The van der Waals surface area contributed by atoms with Gasteiger partial charge in [0.25, 0.3) is 0 Å². The number of methoxy groups -OCH3 is 1. The molecule has 2 amide bonds. The Balaban J connectivity index is 2.05. The van der Waals surface area contributed by atoms with Crippen LogP contribution in [0.25, 0.3) is 0 Å². The molecule has 214 valence electrons. The summed E-state index contributed by atoms with van der Waals surface area (Å²) < 4.78 is 26.8. The summed E-state index contributed by atoms with van der Waals surface area (Å²) in [6.07, 6.45) is 1.69. The maximum absolute atomic E-state index is 14.6. The van der Waals surface area contributed by atoms with Crippen molar-refractivity contribution < 1.29 is 38.5 Å². The topological polar surface area (TPSA) is 125 Å². The average Bonchev–Trinajstić information content (AvgIpc) is 2.96. The van der Waals surface area contributed by atoms with Crippen molar-refractivity contribution in [2.75, 3.05) is 20.3 Å². The van der Waals surface area contributed by atoms with Gasteiger partial charge in [-0.2, -0.15) is 0 Å². The Hall–Kier alpha value is -3.29. The largest absolute Gasteiger partial charge is 0.493 e. The molecule has 2 aromatic rings. The third kappa shape index (κ3) is 7.67. The van der Waals surface area contributed by atoms with Gasteiger partial charge in [0, 0.05) is 42.6 Å². The number of allylic oxidation sites excluding steroid dienone is 1. The third-order valence-corrected chi connectivity index (χ3v) is 7.24. The minimum Gasteiger partial charge on any atom is -0.493 e. The fourth-order valence-corrected chi connectivity index (χ4v) is 5.16. The summed E-state index contributed by atoms with van der Waals surface area (Å²) in [5.74, 6) is -0.878. The average molecular weight is 666 g/mol. The molecule has 3 rings (SSSR count). The summed E-state index contributed by atoms with van der Waals surface area (Å²) in [5.41, 5.74) is 0.835. The summed E-state index contributed by atoms with van der Waals surface area (Å²) in [6, 6.07) is 8.14. The number of nitrogens with zero attached hydrogens (tertiary/aromatic N) is 1. The first-order chi connectivity index (χ1) is 19.2. The van der Waals surface area contributed by atoms with Crippen LogP contribution in [-0.4, -0.2) is 71.7 Å². The van der Waals surface area contributed by atoms with Gasteiger partial charge in [-0.15, -0.1) is 6.58 Å². The Morgan fingerprint density at radius 3 is 2.70 bits per heavy atom. The zero-order valence-electron chi connectivity index (χ0n) is 22.0. The predicted octanol–water partition coefficient (Wildman–Crippen LogP) is 3.16. The highest BCUT2D eigenvalue weighted by molar-refractivity contribution is 14.1. The number of ether oxygens (including phenoxy) is 2. The predicted molar refractivity (Wildman–Crippen MR) is 154 cm³/mol. The van der Waals surface area contributed by atoms with Crippen molar-refractivity contribution in [3.05, 3.63) is 81.2 Å². The molecule has 11 heteroatoms. The van der Waals surface area contributed by atoms with Gasteiger partial charge in [0.1, 0.15) is 24.3 Å². The van der Waals surface area contributed by atoms with Crippen molar-refractivity contribution in [2.24, 2.45) is 0 Å². The van der Waals surface area contributed by atoms with Crippen LogP contribution in [0.1, 0.15) is 35.2 Å². The van der Waals surface area contributed by atoms with Crippen LogP contribution >= 0.6 is 22.6 Å². The van der Waals surface area contributed by atoms with E-state index in [9.17, 15) is 29.0 Å². The van der Waals surface area contributed by atoms with E-state index in [1.807, 2.05) is 22.6 Å². The molecule has 3 atom stereocenters. The number of carbonyl (C=O) groups is 3. The number of carbonyl (C=O) groups excluding carboxylic acids is 3. The van der Waals surface area contributed by atoms with Crippen molar-refractivity contribution in [3.8, 4) is 11.5 Å². The molecular formula is C29H32FIN2O7. The van der Waals surface area contributed by atoms with Crippen LogP contribution in [0.15, 0.2) is 60.7 Å². The van der Waals surface area contributed by atoms with Gasteiger partial charge in [-0.05, 0) is 53.3 Å². The van der Waals surface area contributed by atoms with Crippen molar-refractivity contribution >= 4 is 40.7 Å². The van der Waals surface area contributed by atoms with Gasteiger partial charge in [-0.1, -0.05) is 24.3 Å². The SMILES string of the molecule is C=CCCC(=O)N(Cc1ccccc1F)[C@@H]1CC(C(=O)NCCO)=C[C@H](Oc2c(I)cc(C=O)cc2OC)[C@H]1O. The quantitative estimate of drug-likeness (QED) is 0.171. The zero-order chi connectivity index (χ0) is 29.2. The molecule has 0 unspecified atom stereocenters. The van der Waals surface area contributed by atoms with Crippen LogP contribution in [0.3, 0.4) is 0 Å². The molecule has 3 N–H and O–H groups in total. The fraction of sp³-hybridized carbons (Fsp3) is 0.345. The van der Waals surface area contributed by atoms with E-state index in [4.69, 9.17) is 9.47 Å². The lowest BCUT2D eigenvalue weighted by atomic mass is 9.87. The van der Waals surface area contributed by atoms with Crippen molar-refractivity contribution in [3.63, 3.8) is 0 Å². The number of aliphatic hydroxyl groups is 2. The van der Waals surface area contributed by atoms with Crippen molar-refractivity contribution in [2.45, 2.75) is 44.1 Å². The Kier molecular flexibility index (Phi) is 11.6. The smallest absolute Gasteiger partial charge is 0.247 e. The second-order valence-electron chi connectivity index (χ2n) is 9.11. The van der Waals surface area contributed by atoms with E-state index in [0.717, 1.165) is 0 Å². The van der Waals surface area contributed by atoms with Gasteiger partial charge in [0.05, 0.1) is 23.3 Å². The molecule has 40 heavy (non-hydrogen) atoms. The van der Waals surface area contributed by atoms with Gasteiger partial charge < -0.3 is 29.9 Å². The number of hydrogen-bond acceptors (Lipinski definition) is 7. The minimum absolute atomic E-state index is 0.00496. The number of benzene rings is 2. The van der Waals surface area contributed by atoms with E-state index in [1.54, 1.807) is 30.3 Å². The van der Waals surface area contributed by atoms with Crippen LogP contribution < -0.4 is 14.8 Å². The van der Waals surface area contributed by atoms with Crippen LogP contribution in [-0.2, 0) is 16.1 Å². The van der Waals surface area contributed by atoms with Crippen LogP contribution in [0.2, 0.25) is 0 Å². The van der Waals surface area contributed by atoms with Crippen molar-refractivity contribution in [1.82, 2.24) is 10.2 Å². The normalized spacial score (nSPS) is 18.3. The zero-order valence-corrected chi connectivity index (χ0v) is 24.2. The summed E-state index contributed by atoms with van der Waals surface area (Å²) >= 11 is 1.97. The highest BCUT2D eigenvalue weighted by atomic mass is 127. The maximum atomic E-state index is 14.6. The molecule has 0 radical (unpaired) electrons. The molecule has 0 aliphatic heterocycles. The summed E-state index contributed by atoms with van der Waals surface area (Å²) in [4.78, 5) is 39.1. The molecule has 0 bridgehead atoms. The second-order valence-corrected chi connectivity index (χ2v) is 10.3. The molecule has 1 aliphatic carbocycles. The number of aldehydes is 1. The highest BCUT2D eigenvalue weighted by Crippen LogP contribution is 2.37. The summed E-state index contributed by atoms with van der Waals surface area (Å²) in [6.45, 7) is 3.25. The van der Waals surface area contributed by atoms with E-state index >= 15 is 0 Å². The summed E-state index contributed by atoms with van der Waals surface area (Å²) in [5, 5.41) is 23.3. The van der Waals surface area contributed by atoms with E-state index in [0.29, 0.717) is 21.8 Å². The first-order valence-electron chi connectivity index (χ1n) is 12.6. The van der Waals surface area contributed by atoms with Gasteiger partial charge in [-0.3, -0.25) is 14.4 Å². The first-order valence-corrected chi connectivity index (χ1v) is 13.7. The molecule has 0 saturated heterocycles. The van der Waals surface area contributed by atoms with E-state index in [2.05, 4.69) is 11.9 Å². The van der Waals surface area contributed by atoms with Crippen molar-refractivity contribution in [1.29, 1.82) is 0 Å². The number of nitrogens with one attached hydrogen (secondary N) is 1. The Morgan fingerprint density at radius 1 is 1.30 bits per heavy atom. The Labute approximate surface area is 245 Å². The molecular weight excluding hydrogens is 634 g/mol. The van der Waals surface area contributed by atoms with Crippen LogP contribution in [0, 0.1) is 9.39 Å². The number of halogens is 2. The van der Waals surface area contributed by atoms with Gasteiger partial charge in [0.2, 0.25) is 11.8 Å². The van der Waals surface area contributed by atoms with Gasteiger partial charge in [0.15, 0.2) is 11.5 Å². The molecule has 0 heterocycles. The lowest BCUT2D eigenvalue weighted by molar-refractivity contribution is -0.139. The standard InChI is InChI=1S/C29H32FIN2O7/c1-3-4-9-26(36)33(16-19-7-5-6-8-21(19)30)23-14-20(29(38)32-10-11-34)15-24(27(23)37)40-28-22(31)12-18(17-35)13-25(28)39-2/h3,5-8,12-13,15,17,23-24,27,34,37H,1,4,9-11,14,16H2,2H3,(H,32,38)/t23-,24+,27+/m1/s1. The van der Waals surface area contributed by atoms with E-state index in [1.165, 1.54) is 30.2 Å². The molecule has 0 aromatic heterocycles. The highest BCUT2D eigenvalue weighted by Gasteiger charge is 2.41. The molecule has 9 nitrogen and oxygen atoms in total. The number of hydrogen-bond donors (Lipinski definition) is 3. The number of amides is 2. The first kappa shape index (κ1) is 31.2. The molecule has 1 aliphatic rings. The van der Waals surface area contributed by atoms with Gasteiger partial charge >= 0.3 is 0 Å².